The number of hydrogen-bond donors (Lipinski definition) is 1. The lowest BCUT2D eigenvalue weighted by atomic mass is 10.1. The fraction of sp³-hybridized carbons (Fsp3) is 0.318. The van der Waals surface area contributed by atoms with Crippen LogP contribution in [0.2, 0.25) is 0 Å². The maximum Gasteiger partial charge on any atom is 0.236 e. The zero-order valence-corrected chi connectivity index (χ0v) is 16.6. The van der Waals surface area contributed by atoms with Gasteiger partial charge in [0, 0.05) is 31.7 Å². The number of halogens is 1. The maximum atomic E-state index is 13.1. The van der Waals surface area contributed by atoms with E-state index in [2.05, 4.69) is 20.4 Å². The summed E-state index contributed by atoms with van der Waals surface area (Å²) < 4.78 is 18.4. The Kier molecular flexibility index (Phi) is 6.34. The van der Waals surface area contributed by atoms with E-state index in [9.17, 15) is 9.18 Å². The lowest BCUT2D eigenvalue weighted by Crippen LogP contribution is -2.40. The molecule has 1 aliphatic heterocycles. The van der Waals surface area contributed by atoms with E-state index in [0.29, 0.717) is 25.3 Å². The van der Waals surface area contributed by atoms with Gasteiger partial charge in [0.25, 0.3) is 0 Å². The van der Waals surface area contributed by atoms with Gasteiger partial charge in [-0.05, 0) is 55.0 Å². The number of nitrogens with one attached hydrogen (secondary N) is 1. The number of carbonyl (C=O) groups excluding carboxylic acids is 1. The van der Waals surface area contributed by atoms with Gasteiger partial charge in [0.15, 0.2) is 5.82 Å². The highest BCUT2D eigenvalue weighted by Crippen LogP contribution is 2.19. The Labute approximate surface area is 174 Å². The van der Waals surface area contributed by atoms with Crippen molar-refractivity contribution in [3.63, 3.8) is 0 Å². The quantitative estimate of drug-likeness (QED) is 0.675. The molecule has 0 aliphatic carbocycles. The molecule has 8 heteroatoms. The van der Waals surface area contributed by atoms with Gasteiger partial charge in [0.1, 0.15) is 11.6 Å². The van der Waals surface area contributed by atoms with Crippen molar-refractivity contribution in [1.29, 1.82) is 0 Å². The molecule has 1 saturated heterocycles. The molecule has 0 radical (unpaired) electrons. The minimum atomic E-state index is -0.275. The highest BCUT2D eigenvalue weighted by molar-refractivity contribution is 5.78. The second kappa shape index (κ2) is 9.49. The molecule has 0 atom stereocenters. The second-order valence-corrected chi connectivity index (χ2v) is 7.19. The fourth-order valence-corrected chi connectivity index (χ4v) is 3.48. The number of anilines is 1. The van der Waals surface area contributed by atoms with E-state index in [1.807, 2.05) is 29.2 Å². The van der Waals surface area contributed by atoms with Crippen LogP contribution in [-0.2, 0) is 11.3 Å². The minimum absolute atomic E-state index is 0.0844. The van der Waals surface area contributed by atoms with Crippen LogP contribution in [0.25, 0.3) is 11.3 Å². The number of hydrogen-bond acceptors (Lipinski definition) is 6. The van der Waals surface area contributed by atoms with Gasteiger partial charge in [-0.25, -0.2) is 4.39 Å². The van der Waals surface area contributed by atoms with E-state index in [0.717, 1.165) is 36.7 Å². The van der Waals surface area contributed by atoms with Gasteiger partial charge in [0.05, 0.1) is 25.0 Å². The zero-order chi connectivity index (χ0) is 20.8. The summed E-state index contributed by atoms with van der Waals surface area (Å²) in [4.78, 5) is 16.5. The third-order valence-corrected chi connectivity index (χ3v) is 5.12. The number of nitrogens with zero attached hydrogens (tertiary/aromatic N) is 4. The molecule has 1 N–H and O–H groups in total. The van der Waals surface area contributed by atoms with Crippen LogP contribution in [0.15, 0.2) is 59.2 Å². The molecule has 30 heavy (non-hydrogen) atoms. The largest absolute Gasteiger partial charge is 0.468 e. The van der Waals surface area contributed by atoms with E-state index in [1.54, 1.807) is 18.4 Å². The Balaban J connectivity index is 1.30. The molecule has 156 valence electrons. The summed E-state index contributed by atoms with van der Waals surface area (Å²) in [6.07, 6.45) is 2.49. The Hall–Kier alpha value is -3.26. The first kappa shape index (κ1) is 20.0. The van der Waals surface area contributed by atoms with Crippen LogP contribution in [-0.4, -0.2) is 53.7 Å². The van der Waals surface area contributed by atoms with E-state index in [1.165, 1.54) is 12.1 Å². The standard InChI is InChI=1S/C22H24FN5O2/c23-18-6-4-17(5-7-18)20-8-9-21(26-25-20)27-10-2-11-28(13-12-27)22(29)16-24-15-19-3-1-14-30-19/h1,3-9,14,24H,2,10-13,15-16H2. The zero-order valence-electron chi connectivity index (χ0n) is 16.6. The molecular formula is C22H24FN5O2. The topological polar surface area (TPSA) is 74.5 Å². The molecule has 3 heterocycles. The highest BCUT2D eigenvalue weighted by Gasteiger charge is 2.20. The monoisotopic (exact) mass is 409 g/mol. The summed E-state index contributed by atoms with van der Waals surface area (Å²) in [5.74, 6) is 1.41. The summed E-state index contributed by atoms with van der Waals surface area (Å²) in [7, 11) is 0. The average Bonchev–Trinajstić information content (AvgIpc) is 3.16. The van der Waals surface area contributed by atoms with Crippen LogP contribution in [0.4, 0.5) is 10.2 Å². The van der Waals surface area contributed by atoms with Crippen molar-refractivity contribution >= 4 is 11.7 Å². The number of aromatic nitrogens is 2. The van der Waals surface area contributed by atoms with Gasteiger partial charge < -0.3 is 19.5 Å². The third-order valence-electron chi connectivity index (χ3n) is 5.12. The van der Waals surface area contributed by atoms with Crippen LogP contribution in [0, 0.1) is 5.82 Å². The predicted octanol–water partition coefficient (Wildman–Crippen LogP) is 2.70. The molecule has 2 aromatic heterocycles. The number of amides is 1. The number of benzene rings is 1. The summed E-state index contributed by atoms with van der Waals surface area (Å²) >= 11 is 0. The molecule has 7 nitrogen and oxygen atoms in total. The van der Waals surface area contributed by atoms with Crippen molar-refractivity contribution in [3.8, 4) is 11.3 Å². The predicted molar refractivity (Wildman–Crippen MR) is 111 cm³/mol. The van der Waals surface area contributed by atoms with Crippen molar-refractivity contribution in [2.45, 2.75) is 13.0 Å². The van der Waals surface area contributed by atoms with Crippen LogP contribution >= 0.6 is 0 Å². The second-order valence-electron chi connectivity index (χ2n) is 7.19. The Morgan fingerprint density at radius 2 is 1.90 bits per heavy atom. The summed E-state index contributed by atoms with van der Waals surface area (Å²) in [5.41, 5.74) is 1.53. The summed E-state index contributed by atoms with van der Waals surface area (Å²) in [6, 6.07) is 13.7. The Morgan fingerprint density at radius 3 is 2.63 bits per heavy atom. The molecule has 1 aromatic carbocycles. The van der Waals surface area contributed by atoms with Gasteiger partial charge in [-0.15, -0.1) is 10.2 Å². The highest BCUT2D eigenvalue weighted by atomic mass is 19.1. The van der Waals surface area contributed by atoms with Gasteiger partial charge in [0.2, 0.25) is 5.91 Å². The molecular weight excluding hydrogens is 385 g/mol. The van der Waals surface area contributed by atoms with Gasteiger partial charge in [-0.1, -0.05) is 0 Å². The first-order chi connectivity index (χ1) is 14.7. The van der Waals surface area contributed by atoms with Crippen LogP contribution in [0.5, 0.6) is 0 Å². The lowest BCUT2D eigenvalue weighted by Gasteiger charge is -2.22. The van der Waals surface area contributed by atoms with Crippen molar-refractivity contribution in [2.24, 2.45) is 0 Å². The summed E-state index contributed by atoms with van der Waals surface area (Å²) in [6.45, 7) is 3.70. The van der Waals surface area contributed by atoms with Gasteiger partial charge in [-0.3, -0.25) is 4.79 Å². The first-order valence-electron chi connectivity index (χ1n) is 10.0. The summed E-state index contributed by atoms with van der Waals surface area (Å²) in [5, 5.41) is 11.8. The number of rotatable bonds is 6. The fourth-order valence-electron chi connectivity index (χ4n) is 3.48. The first-order valence-corrected chi connectivity index (χ1v) is 10.0. The number of furan rings is 1. The van der Waals surface area contributed by atoms with Gasteiger partial charge >= 0.3 is 0 Å². The average molecular weight is 409 g/mol. The van der Waals surface area contributed by atoms with E-state index in [4.69, 9.17) is 4.42 Å². The molecule has 3 aromatic rings. The Bertz CT molecular complexity index is 945. The third kappa shape index (κ3) is 5.01. The smallest absolute Gasteiger partial charge is 0.236 e. The van der Waals surface area contributed by atoms with Crippen molar-refractivity contribution < 1.29 is 13.6 Å². The SMILES string of the molecule is O=C(CNCc1ccco1)N1CCCN(c2ccc(-c3ccc(F)cc3)nn2)CC1. The van der Waals surface area contributed by atoms with E-state index < -0.39 is 0 Å². The molecule has 0 spiro atoms. The Morgan fingerprint density at radius 1 is 1.03 bits per heavy atom. The molecule has 1 aliphatic rings. The molecule has 4 rings (SSSR count). The van der Waals surface area contributed by atoms with E-state index in [-0.39, 0.29) is 18.3 Å². The van der Waals surface area contributed by atoms with Crippen molar-refractivity contribution in [1.82, 2.24) is 20.4 Å². The lowest BCUT2D eigenvalue weighted by molar-refractivity contribution is -0.130. The molecule has 0 bridgehead atoms. The normalized spacial score (nSPS) is 14.6. The van der Waals surface area contributed by atoms with Gasteiger partial charge in [-0.2, -0.15) is 0 Å². The van der Waals surface area contributed by atoms with Crippen LogP contribution in [0.3, 0.4) is 0 Å². The van der Waals surface area contributed by atoms with Crippen molar-refractivity contribution in [3.05, 3.63) is 66.4 Å². The molecule has 1 amide bonds. The van der Waals surface area contributed by atoms with Crippen LogP contribution < -0.4 is 10.2 Å². The van der Waals surface area contributed by atoms with E-state index >= 15 is 0 Å². The maximum absolute atomic E-state index is 13.1. The van der Waals surface area contributed by atoms with Crippen molar-refractivity contribution in [2.75, 3.05) is 37.6 Å². The minimum Gasteiger partial charge on any atom is -0.468 e. The molecule has 0 saturated carbocycles. The number of carbonyl (C=O) groups is 1. The molecule has 1 fully saturated rings. The van der Waals surface area contributed by atoms with Crippen LogP contribution in [0.1, 0.15) is 12.2 Å². The molecule has 0 unspecified atom stereocenters.